The van der Waals surface area contributed by atoms with Crippen LogP contribution in [-0.2, 0) is 4.74 Å². The number of nitrogens with zero attached hydrogens (tertiary/aromatic N) is 4. The second-order valence-corrected chi connectivity index (χ2v) is 6.41. The van der Waals surface area contributed by atoms with Crippen molar-refractivity contribution >= 4 is 34.2 Å². The van der Waals surface area contributed by atoms with Crippen molar-refractivity contribution in [3.8, 4) is 10.6 Å². The van der Waals surface area contributed by atoms with Gasteiger partial charge in [-0.2, -0.15) is 0 Å². The number of ether oxygens (including phenoxy) is 1. The molecule has 0 saturated carbocycles. The summed E-state index contributed by atoms with van der Waals surface area (Å²) < 4.78 is 4.98. The summed E-state index contributed by atoms with van der Waals surface area (Å²) in [4.78, 5) is 27.5. The van der Waals surface area contributed by atoms with Gasteiger partial charge in [0.1, 0.15) is 6.61 Å². The van der Waals surface area contributed by atoms with Gasteiger partial charge in [0.15, 0.2) is 5.13 Å². The predicted octanol–water partition coefficient (Wildman–Crippen LogP) is 3.61. The van der Waals surface area contributed by atoms with Gasteiger partial charge in [0, 0.05) is 11.9 Å². The number of anilines is 3. The number of carbonyl (C=O) groups excluding carboxylic acids is 1. The molecule has 0 radical (unpaired) electrons. The number of amides is 1. The molecule has 2 aromatic heterocycles. The van der Waals surface area contributed by atoms with Crippen molar-refractivity contribution in [2.24, 2.45) is 0 Å². The molecule has 126 valence electrons. The smallest absolute Gasteiger partial charge is 0.416 e. The van der Waals surface area contributed by atoms with E-state index in [1.54, 1.807) is 11.1 Å². The SMILES string of the molecule is Cc1nc(N2CCOC2=O)sc1-c1ccnc(Nc2ccccc2)n1. The Labute approximate surface area is 148 Å². The van der Waals surface area contributed by atoms with Crippen LogP contribution in [0.3, 0.4) is 0 Å². The lowest BCUT2D eigenvalue weighted by molar-refractivity contribution is 0.181. The third-order valence-electron chi connectivity index (χ3n) is 3.70. The van der Waals surface area contributed by atoms with Crippen LogP contribution >= 0.6 is 11.3 Å². The van der Waals surface area contributed by atoms with Crippen LogP contribution in [0.5, 0.6) is 0 Å². The van der Waals surface area contributed by atoms with Crippen molar-refractivity contribution in [3.63, 3.8) is 0 Å². The number of para-hydroxylation sites is 1. The van der Waals surface area contributed by atoms with Gasteiger partial charge in [-0.3, -0.25) is 0 Å². The standard InChI is InChI=1S/C17H15N5O2S/c1-11-14(25-16(19-11)22-9-10-24-17(22)23)13-7-8-18-15(21-13)20-12-5-3-2-4-6-12/h2-8H,9-10H2,1H3,(H,18,20,21). The summed E-state index contributed by atoms with van der Waals surface area (Å²) in [5.41, 5.74) is 2.51. The largest absolute Gasteiger partial charge is 0.447 e. The number of nitrogens with one attached hydrogen (secondary N) is 1. The van der Waals surface area contributed by atoms with E-state index in [1.807, 2.05) is 43.3 Å². The molecule has 1 amide bonds. The second kappa shape index (κ2) is 6.48. The first-order chi connectivity index (χ1) is 12.2. The average Bonchev–Trinajstić information content (AvgIpc) is 3.21. The molecule has 0 atom stereocenters. The molecule has 1 N–H and O–H groups in total. The van der Waals surface area contributed by atoms with Gasteiger partial charge in [-0.25, -0.2) is 24.6 Å². The van der Waals surface area contributed by atoms with E-state index < -0.39 is 0 Å². The fourth-order valence-corrected chi connectivity index (χ4v) is 3.55. The quantitative estimate of drug-likeness (QED) is 0.772. The zero-order valence-electron chi connectivity index (χ0n) is 13.5. The zero-order chi connectivity index (χ0) is 17.2. The topological polar surface area (TPSA) is 80.2 Å². The van der Waals surface area contributed by atoms with E-state index in [0.29, 0.717) is 24.2 Å². The number of carbonyl (C=O) groups is 1. The molecule has 1 aliphatic heterocycles. The summed E-state index contributed by atoms with van der Waals surface area (Å²) in [6.07, 6.45) is 1.35. The number of hydrogen-bond donors (Lipinski definition) is 1. The molecular weight excluding hydrogens is 338 g/mol. The highest BCUT2D eigenvalue weighted by atomic mass is 32.1. The summed E-state index contributed by atoms with van der Waals surface area (Å²) in [5.74, 6) is 0.513. The third kappa shape index (κ3) is 3.16. The Hall–Kier alpha value is -3.00. The number of rotatable bonds is 4. The minimum atomic E-state index is -0.352. The molecule has 4 rings (SSSR count). The van der Waals surface area contributed by atoms with Gasteiger partial charge in [0.25, 0.3) is 0 Å². The molecule has 1 fully saturated rings. The molecule has 3 heterocycles. The lowest BCUT2D eigenvalue weighted by atomic mass is 10.3. The Morgan fingerprint density at radius 3 is 2.80 bits per heavy atom. The molecule has 25 heavy (non-hydrogen) atoms. The van der Waals surface area contributed by atoms with Crippen molar-refractivity contribution in [3.05, 3.63) is 48.3 Å². The lowest BCUT2D eigenvalue weighted by Gasteiger charge is -2.07. The van der Waals surface area contributed by atoms with E-state index in [2.05, 4.69) is 20.3 Å². The predicted molar refractivity (Wildman–Crippen MR) is 96.3 cm³/mol. The molecule has 0 bridgehead atoms. The summed E-state index contributed by atoms with van der Waals surface area (Å²) in [6, 6.07) is 11.6. The Morgan fingerprint density at radius 1 is 1.20 bits per heavy atom. The van der Waals surface area contributed by atoms with Crippen molar-refractivity contribution in [2.75, 3.05) is 23.4 Å². The number of aromatic nitrogens is 3. The van der Waals surface area contributed by atoms with Crippen LogP contribution in [0, 0.1) is 6.92 Å². The second-order valence-electron chi connectivity index (χ2n) is 5.43. The lowest BCUT2D eigenvalue weighted by Crippen LogP contribution is -2.22. The summed E-state index contributed by atoms with van der Waals surface area (Å²) >= 11 is 1.42. The van der Waals surface area contributed by atoms with Crippen LogP contribution in [0.1, 0.15) is 5.69 Å². The van der Waals surface area contributed by atoms with Gasteiger partial charge in [-0.1, -0.05) is 29.5 Å². The van der Waals surface area contributed by atoms with Crippen LogP contribution in [0.25, 0.3) is 10.6 Å². The van der Waals surface area contributed by atoms with E-state index in [-0.39, 0.29) is 6.09 Å². The molecule has 7 nitrogen and oxygen atoms in total. The van der Waals surface area contributed by atoms with Crippen LogP contribution in [-0.4, -0.2) is 34.2 Å². The van der Waals surface area contributed by atoms with Crippen LogP contribution < -0.4 is 10.2 Å². The number of benzene rings is 1. The first-order valence-electron chi connectivity index (χ1n) is 7.78. The number of aryl methyl sites for hydroxylation is 1. The zero-order valence-corrected chi connectivity index (χ0v) is 14.3. The van der Waals surface area contributed by atoms with Gasteiger partial charge < -0.3 is 10.1 Å². The normalized spacial score (nSPS) is 13.8. The fourth-order valence-electron chi connectivity index (χ4n) is 2.50. The van der Waals surface area contributed by atoms with Crippen LogP contribution in [0.4, 0.5) is 21.6 Å². The highest BCUT2D eigenvalue weighted by molar-refractivity contribution is 7.19. The first kappa shape index (κ1) is 15.5. The highest BCUT2D eigenvalue weighted by Gasteiger charge is 2.27. The molecule has 0 aliphatic carbocycles. The molecular formula is C17H15N5O2S. The van der Waals surface area contributed by atoms with E-state index in [9.17, 15) is 4.79 Å². The maximum absolute atomic E-state index is 11.7. The van der Waals surface area contributed by atoms with Gasteiger partial charge in [-0.05, 0) is 25.1 Å². The maximum Gasteiger partial charge on any atom is 0.416 e. The number of hydrogen-bond acceptors (Lipinski definition) is 7. The summed E-state index contributed by atoms with van der Waals surface area (Å²) in [5, 5.41) is 3.81. The minimum Gasteiger partial charge on any atom is -0.447 e. The van der Waals surface area contributed by atoms with Gasteiger partial charge >= 0.3 is 6.09 Å². The molecule has 8 heteroatoms. The summed E-state index contributed by atoms with van der Waals surface area (Å²) in [6.45, 7) is 2.82. The van der Waals surface area contributed by atoms with E-state index in [4.69, 9.17) is 4.74 Å². The Morgan fingerprint density at radius 2 is 2.04 bits per heavy atom. The fraction of sp³-hybridized carbons (Fsp3) is 0.176. The van der Waals surface area contributed by atoms with Crippen LogP contribution in [0.15, 0.2) is 42.6 Å². The Bertz CT molecular complexity index is 912. The molecule has 3 aromatic rings. The van der Waals surface area contributed by atoms with Gasteiger partial charge in [-0.15, -0.1) is 0 Å². The average molecular weight is 353 g/mol. The van der Waals surface area contributed by atoms with E-state index >= 15 is 0 Å². The van der Waals surface area contributed by atoms with E-state index in [0.717, 1.165) is 22.0 Å². The summed E-state index contributed by atoms with van der Waals surface area (Å²) in [7, 11) is 0. The third-order valence-corrected chi connectivity index (χ3v) is 4.90. The van der Waals surface area contributed by atoms with Crippen LogP contribution in [0.2, 0.25) is 0 Å². The van der Waals surface area contributed by atoms with Gasteiger partial charge in [0.05, 0.1) is 22.8 Å². The Balaban J connectivity index is 1.63. The molecule has 1 aromatic carbocycles. The maximum atomic E-state index is 11.7. The van der Waals surface area contributed by atoms with Crippen molar-refractivity contribution in [2.45, 2.75) is 6.92 Å². The number of cyclic esters (lactones) is 1. The first-order valence-corrected chi connectivity index (χ1v) is 8.59. The molecule has 1 aliphatic rings. The molecule has 0 unspecified atom stereocenters. The molecule has 0 spiro atoms. The minimum absolute atomic E-state index is 0.352. The van der Waals surface area contributed by atoms with Crippen molar-refractivity contribution < 1.29 is 9.53 Å². The Kier molecular flexibility index (Phi) is 4.02. The monoisotopic (exact) mass is 353 g/mol. The highest BCUT2D eigenvalue weighted by Crippen LogP contribution is 2.34. The van der Waals surface area contributed by atoms with Crippen molar-refractivity contribution in [1.29, 1.82) is 0 Å². The number of thiazole rings is 1. The van der Waals surface area contributed by atoms with Gasteiger partial charge in [0.2, 0.25) is 5.95 Å². The molecule has 1 saturated heterocycles. The van der Waals surface area contributed by atoms with E-state index in [1.165, 1.54) is 11.3 Å². The van der Waals surface area contributed by atoms with Crippen molar-refractivity contribution in [1.82, 2.24) is 15.0 Å².